The molecule has 0 aliphatic carbocycles. The molecule has 1 rings (SSSR count). The predicted molar refractivity (Wildman–Crippen MR) is 77.8 cm³/mol. The SMILES string of the molecule is CCC(C)(CO)CNCCC(C)c1ccccc1. The summed E-state index contributed by atoms with van der Waals surface area (Å²) in [7, 11) is 0. The van der Waals surface area contributed by atoms with Crippen molar-refractivity contribution in [3.05, 3.63) is 35.9 Å². The highest BCUT2D eigenvalue weighted by Crippen LogP contribution is 2.20. The second kappa shape index (κ2) is 7.55. The van der Waals surface area contributed by atoms with Gasteiger partial charge < -0.3 is 10.4 Å². The fourth-order valence-electron chi connectivity index (χ4n) is 1.95. The van der Waals surface area contributed by atoms with E-state index < -0.39 is 0 Å². The Morgan fingerprint density at radius 2 is 1.94 bits per heavy atom. The molecule has 2 nitrogen and oxygen atoms in total. The van der Waals surface area contributed by atoms with Gasteiger partial charge in [-0.3, -0.25) is 0 Å². The van der Waals surface area contributed by atoms with Crippen LogP contribution in [0, 0.1) is 5.41 Å². The Labute approximate surface area is 111 Å². The third kappa shape index (κ3) is 4.79. The lowest BCUT2D eigenvalue weighted by Gasteiger charge is -2.26. The topological polar surface area (TPSA) is 32.3 Å². The number of nitrogens with one attached hydrogen (secondary N) is 1. The van der Waals surface area contributed by atoms with Crippen molar-refractivity contribution in [3.8, 4) is 0 Å². The predicted octanol–water partition coefficient (Wildman–Crippen LogP) is 3.18. The van der Waals surface area contributed by atoms with Crippen LogP contribution in [-0.2, 0) is 0 Å². The maximum atomic E-state index is 9.33. The zero-order valence-corrected chi connectivity index (χ0v) is 11.9. The van der Waals surface area contributed by atoms with Crippen LogP contribution in [0.4, 0.5) is 0 Å². The molecule has 18 heavy (non-hydrogen) atoms. The van der Waals surface area contributed by atoms with E-state index in [4.69, 9.17) is 0 Å². The lowest BCUT2D eigenvalue weighted by Crippen LogP contribution is -2.35. The normalized spacial score (nSPS) is 16.2. The van der Waals surface area contributed by atoms with Gasteiger partial charge >= 0.3 is 0 Å². The molecule has 2 unspecified atom stereocenters. The van der Waals surface area contributed by atoms with Crippen molar-refractivity contribution in [3.63, 3.8) is 0 Å². The first kappa shape index (κ1) is 15.2. The molecule has 0 aliphatic heterocycles. The molecule has 0 fully saturated rings. The van der Waals surface area contributed by atoms with E-state index in [1.54, 1.807) is 0 Å². The summed E-state index contributed by atoms with van der Waals surface area (Å²) in [5.74, 6) is 0.584. The highest BCUT2D eigenvalue weighted by Gasteiger charge is 2.20. The van der Waals surface area contributed by atoms with Gasteiger partial charge in [-0.1, -0.05) is 51.1 Å². The molecule has 2 heteroatoms. The van der Waals surface area contributed by atoms with E-state index in [-0.39, 0.29) is 12.0 Å². The maximum Gasteiger partial charge on any atom is 0.0496 e. The van der Waals surface area contributed by atoms with Gasteiger partial charge in [-0.2, -0.15) is 0 Å². The van der Waals surface area contributed by atoms with Gasteiger partial charge in [0.1, 0.15) is 0 Å². The summed E-state index contributed by atoms with van der Waals surface area (Å²) in [6.45, 7) is 8.67. The van der Waals surface area contributed by atoms with Gasteiger partial charge in [0.15, 0.2) is 0 Å². The van der Waals surface area contributed by atoms with Crippen LogP contribution in [0.25, 0.3) is 0 Å². The minimum Gasteiger partial charge on any atom is -0.396 e. The number of hydrogen-bond acceptors (Lipinski definition) is 2. The van der Waals surface area contributed by atoms with Crippen molar-refractivity contribution < 1.29 is 5.11 Å². The first-order valence-corrected chi connectivity index (χ1v) is 6.98. The minimum atomic E-state index is 0.0238. The molecule has 0 bridgehead atoms. The average molecular weight is 249 g/mol. The lowest BCUT2D eigenvalue weighted by atomic mass is 9.88. The number of benzene rings is 1. The molecule has 102 valence electrons. The summed E-state index contributed by atoms with van der Waals surface area (Å²) in [5, 5.41) is 12.8. The monoisotopic (exact) mass is 249 g/mol. The van der Waals surface area contributed by atoms with Crippen molar-refractivity contribution in [2.75, 3.05) is 19.7 Å². The summed E-state index contributed by atoms with van der Waals surface area (Å²) < 4.78 is 0. The molecule has 0 aromatic heterocycles. The van der Waals surface area contributed by atoms with Crippen molar-refractivity contribution in [1.82, 2.24) is 5.32 Å². The number of hydrogen-bond donors (Lipinski definition) is 2. The van der Waals surface area contributed by atoms with Crippen LogP contribution in [0.1, 0.15) is 45.1 Å². The zero-order valence-electron chi connectivity index (χ0n) is 11.9. The van der Waals surface area contributed by atoms with Crippen LogP contribution in [-0.4, -0.2) is 24.8 Å². The van der Waals surface area contributed by atoms with Crippen molar-refractivity contribution in [1.29, 1.82) is 0 Å². The van der Waals surface area contributed by atoms with E-state index in [0.29, 0.717) is 5.92 Å². The molecular weight excluding hydrogens is 222 g/mol. The van der Waals surface area contributed by atoms with Gasteiger partial charge in [-0.05, 0) is 30.9 Å². The third-order valence-corrected chi connectivity index (χ3v) is 3.91. The van der Waals surface area contributed by atoms with Gasteiger partial charge in [0.25, 0.3) is 0 Å². The lowest BCUT2D eigenvalue weighted by molar-refractivity contribution is 0.135. The number of rotatable bonds is 8. The molecule has 0 aliphatic rings. The Morgan fingerprint density at radius 3 is 2.50 bits per heavy atom. The Kier molecular flexibility index (Phi) is 6.37. The Bertz CT molecular complexity index is 319. The molecule has 0 amide bonds. The van der Waals surface area contributed by atoms with Crippen LogP contribution in [0.5, 0.6) is 0 Å². The smallest absolute Gasteiger partial charge is 0.0496 e. The molecule has 1 aromatic rings. The van der Waals surface area contributed by atoms with Crippen LogP contribution in [0.15, 0.2) is 30.3 Å². The minimum absolute atomic E-state index is 0.0238. The second-order valence-corrected chi connectivity index (χ2v) is 5.60. The van der Waals surface area contributed by atoms with Gasteiger partial charge in [-0.25, -0.2) is 0 Å². The van der Waals surface area contributed by atoms with E-state index in [2.05, 4.69) is 56.4 Å². The maximum absolute atomic E-state index is 9.33. The quantitative estimate of drug-likeness (QED) is 0.694. The summed E-state index contributed by atoms with van der Waals surface area (Å²) in [6, 6.07) is 10.6. The van der Waals surface area contributed by atoms with Gasteiger partial charge in [0, 0.05) is 18.6 Å². The second-order valence-electron chi connectivity index (χ2n) is 5.60. The Balaban J connectivity index is 2.26. The molecule has 1 aromatic carbocycles. The summed E-state index contributed by atoms with van der Waals surface area (Å²) in [4.78, 5) is 0. The van der Waals surface area contributed by atoms with E-state index in [1.807, 2.05) is 0 Å². The van der Waals surface area contributed by atoms with E-state index >= 15 is 0 Å². The largest absolute Gasteiger partial charge is 0.396 e. The average Bonchev–Trinajstić information content (AvgIpc) is 2.44. The molecule has 0 radical (unpaired) electrons. The van der Waals surface area contributed by atoms with Crippen molar-refractivity contribution in [2.45, 2.75) is 39.5 Å². The number of aliphatic hydroxyl groups is 1. The zero-order chi connectivity index (χ0) is 13.4. The fraction of sp³-hybridized carbons (Fsp3) is 0.625. The Hall–Kier alpha value is -0.860. The van der Waals surface area contributed by atoms with Crippen molar-refractivity contribution >= 4 is 0 Å². The molecule has 2 atom stereocenters. The van der Waals surface area contributed by atoms with Crippen LogP contribution < -0.4 is 5.32 Å². The molecule has 0 heterocycles. The van der Waals surface area contributed by atoms with Crippen LogP contribution >= 0.6 is 0 Å². The van der Waals surface area contributed by atoms with Crippen LogP contribution in [0.3, 0.4) is 0 Å². The molecule has 0 spiro atoms. The van der Waals surface area contributed by atoms with E-state index in [9.17, 15) is 5.11 Å². The highest BCUT2D eigenvalue weighted by molar-refractivity contribution is 5.18. The first-order valence-electron chi connectivity index (χ1n) is 6.98. The fourth-order valence-corrected chi connectivity index (χ4v) is 1.95. The first-order chi connectivity index (χ1) is 8.61. The van der Waals surface area contributed by atoms with E-state index in [1.165, 1.54) is 5.56 Å². The molecule has 0 saturated carbocycles. The summed E-state index contributed by atoms with van der Waals surface area (Å²) in [6.07, 6.45) is 2.14. The van der Waals surface area contributed by atoms with Gasteiger partial charge in [-0.15, -0.1) is 0 Å². The standard InChI is InChI=1S/C16H27NO/c1-4-16(3,13-18)12-17-11-10-14(2)15-8-6-5-7-9-15/h5-9,14,17-18H,4,10-13H2,1-3H3. The van der Waals surface area contributed by atoms with E-state index in [0.717, 1.165) is 25.9 Å². The highest BCUT2D eigenvalue weighted by atomic mass is 16.3. The van der Waals surface area contributed by atoms with Crippen LogP contribution in [0.2, 0.25) is 0 Å². The summed E-state index contributed by atoms with van der Waals surface area (Å²) in [5.41, 5.74) is 1.43. The van der Waals surface area contributed by atoms with Crippen molar-refractivity contribution in [2.24, 2.45) is 5.41 Å². The molecular formula is C16H27NO. The van der Waals surface area contributed by atoms with Gasteiger partial charge in [0.05, 0.1) is 0 Å². The molecule has 0 saturated heterocycles. The third-order valence-electron chi connectivity index (χ3n) is 3.91. The number of aliphatic hydroxyl groups excluding tert-OH is 1. The Morgan fingerprint density at radius 1 is 1.28 bits per heavy atom. The summed E-state index contributed by atoms with van der Waals surface area (Å²) >= 11 is 0. The van der Waals surface area contributed by atoms with Gasteiger partial charge in [0.2, 0.25) is 0 Å². The molecule has 2 N–H and O–H groups in total.